The summed E-state index contributed by atoms with van der Waals surface area (Å²) in [5.74, 6) is 6.34. The van der Waals surface area contributed by atoms with E-state index in [4.69, 9.17) is 4.99 Å². The predicted octanol–water partition coefficient (Wildman–Crippen LogP) is 1.53. The zero-order valence-corrected chi connectivity index (χ0v) is 19.5. The van der Waals surface area contributed by atoms with Gasteiger partial charge in [-0.25, -0.2) is 4.99 Å². The van der Waals surface area contributed by atoms with Crippen LogP contribution >= 0.6 is 0 Å². The van der Waals surface area contributed by atoms with Crippen molar-refractivity contribution in [2.75, 3.05) is 43.4 Å². The number of likely N-dealkylation sites (N-methyl/N-ethyl adjacent to an activating group) is 1. The van der Waals surface area contributed by atoms with E-state index in [1.54, 1.807) is 29.1 Å². The molecule has 1 unspecified atom stereocenters. The average molecular weight is 455 g/mol. The maximum atomic E-state index is 12.8. The molecule has 1 atom stereocenters. The number of piperazine rings is 1. The van der Waals surface area contributed by atoms with Gasteiger partial charge in [0.25, 0.3) is 5.56 Å². The van der Waals surface area contributed by atoms with Gasteiger partial charge in [0.1, 0.15) is 5.49 Å². The standard InChI is InChI=1S/C27H28N6O.H2/c1-27(29-23-8-10-24(11-9-23)32-17-15-31(2)16-18-32)13-3-6-22-7-12-25(34)33(26(22)30-27)20-21-5-4-14-28-19-21;/h4-12,14,19,29H,15-18,20H2,1-2H3;1H. The number of benzene rings is 1. The van der Waals surface area contributed by atoms with Crippen molar-refractivity contribution in [3.05, 3.63) is 87.5 Å². The van der Waals surface area contributed by atoms with E-state index in [1.807, 2.05) is 25.1 Å². The highest BCUT2D eigenvalue weighted by Crippen LogP contribution is 2.22. The Morgan fingerprint density at radius 1 is 1.09 bits per heavy atom. The first-order valence-electron chi connectivity index (χ1n) is 11.5. The fourth-order valence-corrected chi connectivity index (χ4v) is 4.30. The van der Waals surface area contributed by atoms with E-state index in [0.717, 1.165) is 42.6 Å². The number of fused-ring (bicyclic) bond motifs is 1. The number of rotatable bonds is 5. The van der Waals surface area contributed by atoms with Crippen molar-refractivity contribution in [3.8, 4) is 11.8 Å². The Balaban J connectivity index is 0.00000289. The number of nitrogens with one attached hydrogen (secondary N) is 1. The molecule has 1 aromatic carbocycles. The number of hydrogen-bond donors (Lipinski definition) is 1. The molecule has 2 aliphatic heterocycles. The van der Waals surface area contributed by atoms with Gasteiger partial charge in [-0.3, -0.25) is 14.3 Å². The molecule has 0 radical (unpaired) electrons. The second kappa shape index (κ2) is 9.16. The van der Waals surface area contributed by atoms with Gasteiger partial charge in [-0.1, -0.05) is 12.0 Å². The van der Waals surface area contributed by atoms with Crippen LogP contribution in [0.15, 0.2) is 70.7 Å². The Morgan fingerprint density at radius 2 is 1.88 bits per heavy atom. The third-order valence-corrected chi connectivity index (χ3v) is 6.25. The summed E-state index contributed by atoms with van der Waals surface area (Å²) >= 11 is 0. The molecule has 7 nitrogen and oxygen atoms in total. The maximum Gasteiger partial charge on any atom is 0.252 e. The summed E-state index contributed by atoms with van der Waals surface area (Å²) in [7, 11) is 2.16. The molecule has 5 rings (SSSR count). The van der Waals surface area contributed by atoms with Gasteiger partial charge in [-0.2, -0.15) is 0 Å². The number of aromatic nitrogens is 2. The minimum Gasteiger partial charge on any atom is -0.369 e. The molecule has 0 amide bonds. The van der Waals surface area contributed by atoms with Crippen molar-refractivity contribution in [2.45, 2.75) is 19.1 Å². The van der Waals surface area contributed by atoms with Crippen LogP contribution in [0.5, 0.6) is 0 Å². The molecular formula is C27H30N6O. The highest BCUT2D eigenvalue weighted by atomic mass is 16.1. The number of nitrogens with zero attached hydrogens (tertiary/aromatic N) is 5. The molecular weight excluding hydrogens is 424 g/mol. The lowest BCUT2D eigenvalue weighted by Gasteiger charge is -2.34. The number of hydrogen-bond acceptors (Lipinski definition) is 6. The molecule has 1 saturated heterocycles. The van der Waals surface area contributed by atoms with E-state index in [0.29, 0.717) is 12.0 Å². The number of anilines is 2. The maximum absolute atomic E-state index is 12.8. The van der Waals surface area contributed by atoms with Gasteiger partial charge < -0.3 is 15.1 Å². The van der Waals surface area contributed by atoms with Crippen LogP contribution < -0.4 is 26.5 Å². The van der Waals surface area contributed by atoms with Crippen LogP contribution in [0.1, 0.15) is 13.9 Å². The fourth-order valence-electron chi connectivity index (χ4n) is 4.30. The lowest BCUT2D eigenvalue weighted by Crippen LogP contribution is -2.46. The molecule has 2 aromatic heterocycles. The molecule has 0 spiro atoms. The molecule has 4 heterocycles. The first-order chi connectivity index (χ1) is 16.5. The molecule has 0 aliphatic carbocycles. The highest BCUT2D eigenvalue weighted by Gasteiger charge is 2.22. The summed E-state index contributed by atoms with van der Waals surface area (Å²) in [6.45, 7) is 6.53. The van der Waals surface area contributed by atoms with E-state index >= 15 is 0 Å². The summed E-state index contributed by atoms with van der Waals surface area (Å²) in [6, 6.07) is 15.6. The van der Waals surface area contributed by atoms with Crippen molar-refractivity contribution < 1.29 is 1.43 Å². The zero-order chi connectivity index (χ0) is 23.5. The summed E-state index contributed by atoms with van der Waals surface area (Å²) in [5, 5.41) is 4.30. The van der Waals surface area contributed by atoms with Gasteiger partial charge in [-0.15, -0.1) is 0 Å². The summed E-state index contributed by atoms with van der Waals surface area (Å²) < 4.78 is 1.67. The van der Waals surface area contributed by atoms with Gasteiger partial charge >= 0.3 is 0 Å². The summed E-state index contributed by atoms with van der Waals surface area (Å²) in [6.07, 6.45) is 5.31. The van der Waals surface area contributed by atoms with E-state index < -0.39 is 5.66 Å². The SMILES string of the molecule is CN1CCN(c2ccc(NC3(C)C#CC=c4ccc(=O)n(Cc5cccnc5)c4=N3)cc2)CC1.[HH]. The minimum atomic E-state index is -0.887. The summed E-state index contributed by atoms with van der Waals surface area (Å²) in [5.41, 5.74) is 2.68. The Morgan fingerprint density at radius 3 is 2.62 bits per heavy atom. The van der Waals surface area contributed by atoms with Gasteiger partial charge in [0.2, 0.25) is 0 Å². The Labute approximate surface area is 200 Å². The second-order valence-corrected chi connectivity index (χ2v) is 8.96. The predicted molar refractivity (Wildman–Crippen MR) is 137 cm³/mol. The molecule has 2 aliphatic rings. The fraction of sp³-hybridized carbons (Fsp3) is 0.296. The zero-order valence-electron chi connectivity index (χ0n) is 19.5. The Bertz CT molecular complexity index is 1420. The lowest BCUT2D eigenvalue weighted by atomic mass is 10.1. The number of pyridine rings is 2. The van der Waals surface area contributed by atoms with Crippen LogP contribution in [-0.2, 0) is 6.54 Å². The van der Waals surface area contributed by atoms with E-state index in [9.17, 15) is 4.79 Å². The molecule has 1 N–H and O–H groups in total. The van der Waals surface area contributed by atoms with Crippen LogP contribution in [0.3, 0.4) is 0 Å². The smallest absolute Gasteiger partial charge is 0.252 e. The van der Waals surface area contributed by atoms with Crippen LogP contribution in [-0.4, -0.2) is 53.3 Å². The van der Waals surface area contributed by atoms with Crippen molar-refractivity contribution in [3.63, 3.8) is 0 Å². The summed E-state index contributed by atoms with van der Waals surface area (Å²) in [4.78, 5) is 26.7. The van der Waals surface area contributed by atoms with Crippen molar-refractivity contribution in [1.82, 2.24) is 14.5 Å². The van der Waals surface area contributed by atoms with Crippen LogP contribution in [0.25, 0.3) is 6.08 Å². The minimum absolute atomic E-state index is 0. The highest BCUT2D eigenvalue weighted by molar-refractivity contribution is 5.58. The lowest BCUT2D eigenvalue weighted by molar-refractivity contribution is 0.313. The Hall–Kier alpha value is -3.89. The topological polar surface area (TPSA) is 65.8 Å². The van der Waals surface area contributed by atoms with Gasteiger partial charge in [-0.05, 0) is 67.9 Å². The van der Waals surface area contributed by atoms with Crippen LogP contribution in [0, 0.1) is 11.8 Å². The molecule has 34 heavy (non-hydrogen) atoms. The van der Waals surface area contributed by atoms with Gasteiger partial charge in [0.15, 0.2) is 5.66 Å². The average Bonchev–Trinajstić information content (AvgIpc) is 3.01. The molecule has 174 valence electrons. The first-order valence-corrected chi connectivity index (χ1v) is 11.5. The molecule has 7 heteroatoms. The van der Waals surface area contributed by atoms with E-state index in [-0.39, 0.29) is 6.99 Å². The normalized spacial score (nSPS) is 19.6. The van der Waals surface area contributed by atoms with Crippen molar-refractivity contribution in [1.29, 1.82) is 0 Å². The quantitative estimate of drug-likeness (QED) is 0.593. The second-order valence-electron chi connectivity index (χ2n) is 8.96. The molecule has 0 bridgehead atoms. The van der Waals surface area contributed by atoms with Gasteiger partial charge in [0, 0.05) is 62.7 Å². The first kappa shape index (κ1) is 21.9. The molecule has 3 aromatic rings. The van der Waals surface area contributed by atoms with E-state index in [1.165, 1.54) is 5.69 Å². The monoisotopic (exact) mass is 454 g/mol. The van der Waals surface area contributed by atoms with Gasteiger partial charge in [0.05, 0.1) is 6.54 Å². The van der Waals surface area contributed by atoms with Crippen LogP contribution in [0.4, 0.5) is 11.4 Å². The largest absolute Gasteiger partial charge is 0.369 e. The third-order valence-electron chi connectivity index (χ3n) is 6.25. The Kier molecular flexibility index (Phi) is 5.91. The van der Waals surface area contributed by atoms with Crippen LogP contribution in [0.2, 0.25) is 0 Å². The van der Waals surface area contributed by atoms with E-state index in [2.05, 4.69) is 63.3 Å². The third kappa shape index (κ3) is 4.73. The molecule has 0 saturated carbocycles. The van der Waals surface area contributed by atoms with Crippen molar-refractivity contribution >= 4 is 17.5 Å². The van der Waals surface area contributed by atoms with Crippen molar-refractivity contribution in [2.24, 2.45) is 4.99 Å². The molecule has 1 fully saturated rings.